The fraction of sp³-hybridized carbons (Fsp3) is 0.148. The van der Waals surface area contributed by atoms with Crippen molar-refractivity contribution in [1.29, 1.82) is 0 Å². The third-order valence-electron chi connectivity index (χ3n) is 5.42. The fourth-order valence-corrected chi connectivity index (χ4v) is 4.25. The second-order valence-electron chi connectivity index (χ2n) is 8.06. The zero-order valence-corrected chi connectivity index (χ0v) is 21.2. The minimum Gasteiger partial charge on any atom is -0.490 e. The summed E-state index contributed by atoms with van der Waals surface area (Å²) in [6.45, 7) is 2.27. The quantitative estimate of drug-likeness (QED) is 0.266. The lowest BCUT2D eigenvalue weighted by atomic mass is 10.1. The van der Waals surface area contributed by atoms with Crippen molar-refractivity contribution in [1.82, 2.24) is 10.2 Å². The third kappa shape index (κ3) is 6.15. The van der Waals surface area contributed by atoms with Crippen LogP contribution in [-0.2, 0) is 17.9 Å². The topological polar surface area (TPSA) is 105 Å². The number of nitrogens with zero attached hydrogens (tertiary/aromatic N) is 1. The fourth-order valence-electron chi connectivity index (χ4n) is 3.68. The van der Waals surface area contributed by atoms with E-state index in [1.54, 1.807) is 24.3 Å². The Balaban J connectivity index is 1.54. The number of nitrogens with one attached hydrogen (secondary N) is 1. The molecule has 4 rings (SSSR count). The van der Waals surface area contributed by atoms with Gasteiger partial charge in [-0.25, -0.2) is 14.0 Å². The molecule has 1 saturated heterocycles. The first-order chi connectivity index (χ1) is 17.7. The van der Waals surface area contributed by atoms with Gasteiger partial charge in [0.1, 0.15) is 18.1 Å². The van der Waals surface area contributed by atoms with Crippen molar-refractivity contribution in [2.75, 3.05) is 6.61 Å². The van der Waals surface area contributed by atoms with E-state index >= 15 is 0 Å². The number of carbonyl (C=O) groups is 3. The van der Waals surface area contributed by atoms with Gasteiger partial charge in [0.2, 0.25) is 0 Å². The number of halogens is 2. The summed E-state index contributed by atoms with van der Waals surface area (Å²) in [6, 6.07) is 14.8. The van der Waals surface area contributed by atoms with Gasteiger partial charge in [0, 0.05) is 0 Å². The predicted molar refractivity (Wildman–Crippen MR) is 137 cm³/mol. The van der Waals surface area contributed by atoms with Crippen molar-refractivity contribution < 1.29 is 33.4 Å². The molecule has 37 heavy (non-hydrogen) atoms. The number of urea groups is 1. The molecule has 0 saturated carbocycles. The van der Waals surface area contributed by atoms with E-state index in [9.17, 15) is 23.9 Å². The van der Waals surface area contributed by atoms with Crippen LogP contribution in [0.1, 0.15) is 34.0 Å². The van der Waals surface area contributed by atoms with Crippen LogP contribution in [0.3, 0.4) is 0 Å². The zero-order valence-electron chi connectivity index (χ0n) is 19.7. The van der Waals surface area contributed by atoms with Crippen LogP contribution in [-0.4, -0.2) is 34.5 Å². The van der Waals surface area contributed by atoms with Crippen LogP contribution in [0.5, 0.6) is 11.5 Å². The molecule has 3 aromatic carbocycles. The van der Waals surface area contributed by atoms with Crippen molar-refractivity contribution in [2.45, 2.75) is 20.1 Å². The van der Waals surface area contributed by atoms with Gasteiger partial charge in [0.05, 0.1) is 23.2 Å². The van der Waals surface area contributed by atoms with Crippen molar-refractivity contribution >= 4 is 39.9 Å². The number of benzene rings is 3. The lowest BCUT2D eigenvalue weighted by Gasteiger charge is -2.15. The number of carboxylic acid groups (broad SMARTS) is 1. The Morgan fingerprint density at radius 2 is 1.84 bits per heavy atom. The van der Waals surface area contributed by atoms with E-state index in [4.69, 9.17) is 9.47 Å². The van der Waals surface area contributed by atoms with E-state index in [0.29, 0.717) is 39.3 Å². The van der Waals surface area contributed by atoms with E-state index in [-0.39, 0.29) is 24.4 Å². The van der Waals surface area contributed by atoms with Crippen LogP contribution in [0.4, 0.5) is 9.18 Å². The summed E-state index contributed by atoms with van der Waals surface area (Å²) in [6.07, 6.45) is 1.53. The van der Waals surface area contributed by atoms with Crippen molar-refractivity contribution in [3.63, 3.8) is 0 Å². The van der Waals surface area contributed by atoms with Crippen LogP contribution in [0, 0.1) is 5.82 Å². The van der Waals surface area contributed by atoms with Gasteiger partial charge in [-0.1, -0.05) is 24.3 Å². The van der Waals surface area contributed by atoms with Gasteiger partial charge in [-0.3, -0.25) is 9.69 Å². The molecule has 1 fully saturated rings. The maximum Gasteiger partial charge on any atom is 0.335 e. The molecule has 3 amide bonds. The molecule has 0 spiro atoms. The molecule has 190 valence electrons. The van der Waals surface area contributed by atoms with Crippen LogP contribution in [0.25, 0.3) is 6.08 Å². The summed E-state index contributed by atoms with van der Waals surface area (Å²) in [4.78, 5) is 37.6. The van der Waals surface area contributed by atoms with E-state index in [1.807, 2.05) is 6.92 Å². The van der Waals surface area contributed by atoms with Crippen molar-refractivity contribution in [3.05, 3.63) is 98.9 Å². The first kappa shape index (κ1) is 25.9. The largest absolute Gasteiger partial charge is 0.490 e. The summed E-state index contributed by atoms with van der Waals surface area (Å²) < 4.78 is 25.4. The molecule has 8 nitrogen and oxygen atoms in total. The molecule has 0 aromatic heterocycles. The lowest BCUT2D eigenvalue weighted by molar-refractivity contribution is -0.123. The monoisotopic (exact) mass is 568 g/mol. The smallest absolute Gasteiger partial charge is 0.335 e. The summed E-state index contributed by atoms with van der Waals surface area (Å²) in [7, 11) is 0. The standard InChI is InChI=1S/C27H22BrFN2O6/c1-2-36-23-13-18(11-21(28)24(23)37-15-17-4-3-5-19(10-17)26(33)34)12-22-25(32)31(27(35)30-22)14-16-6-8-20(29)9-7-16/h3-13H,2,14-15H2,1H3,(H,30,35)(H,33,34). The Morgan fingerprint density at radius 1 is 1.08 bits per heavy atom. The second-order valence-corrected chi connectivity index (χ2v) is 8.92. The molecule has 10 heteroatoms. The summed E-state index contributed by atoms with van der Waals surface area (Å²) in [5.74, 6) is -1.14. The Bertz CT molecular complexity index is 1390. The number of hydrogen-bond donors (Lipinski definition) is 2. The molecule has 0 bridgehead atoms. The highest BCUT2D eigenvalue weighted by atomic mass is 79.9. The van der Waals surface area contributed by atoms with E-state index < -0.39 is 23.7 Å². The van der Waals surface area contributed by atoms with Gasteiger partial charge in [-0.15, -0.1) is 0 Å². The third-order valence-corrected chi connectivity index (χ3v) is 6.01. The molecular formula is C27H22BrFN2O6. The Hall–Kier alpha value is -4.18. The Kier molecular flexibility index (Phi) is 7.88. The van der Waals surface area contributed by atoms with Gasteiger partial charge in [0.25, 0.3) is 5.91 Å². The highest BCUT2D eigenvalue weighted by Gasteiger charge is 2.33. The normalized spacial score (nSPS) is 14.1. The number of hydrogen-bond acceptors (Lipinski definition) is 5. The maximum atomic E-state index is 13.2. The first-order valence-electron chi connectivity index (χ1n) is 11.3. The number of rotatable bonds is 9. The molecule has 3 aromatic rings. The molecule has 1 aliphatic rings. The number of imide groups is 1. The number of ether oxygens (including phenoxy) is 2. The van der Waals surface area contributed by atoms with Gasteiger partial charge >= 0.3 is 12.0 Å². The van der Waals surface area contributed by atoms with Crippen LogP contribution < -0.4 is 14.8 Å². The number of aromatic carboxylic acids is 1. The van der Waals surface area contributed by atoms with Gasteiger partial charge in [-0.05, 0) is 82.0 Å². The number of amides is 3. The maximum absolute atomic E-state index is 13.2. The molecule has 1 heterocycles. The van der Waals surface area contributed by atoms with Crippen molar-refractivity contribution in [3.8, 4) is 11.5 Å². The second kappa shape index (κ2) is 11.3. The molecule has 2 N–H and O–H groups in total. The number of carboxylic acids is 1. The summed E-state index contributed by atoms with van der Waals surface area (Å²) in [5.41, 5.74) is 2.09. The van der Waals surface area contributed by atoms with E-state index in [2.05, 4.69) is 21.2 Å². The molecule has 0 unspecified atom stereocenters. The molecule has 0 aliphatic carbocycles. The molecular weight excluding hydrogens is 547 g/mol. The average molecular weight is 569 g/mol. The van der Waals surface area contributed by atoms with E-state index in [0.717, 1.165) is 4.90 Å². The molecule has 0 radical (unpaired) electrons. The molecule has 1 aliphatic heterocycles. The highest BCUT2D eigenvalue weighted by molar-refractivity contribution is 9.10. The number of carbonyl (C=O) groups excluding carboxylic acids is 2. The SMILES string of the molecule is CCOc1cc(C=C2NC(=O)N(Cc3ccc(F)cc3)C2=O)cc(Br)c1OCc1cccc(C(=O)O)c1. The average Bonchev–Trinajstić information content (AvgIpc) is 3.12. The van der Waals surface area contributed by atoms with E-state index in [1.165, 1.54) is 42.5 Å². The summed E-state index contributed by atoms with van der Waals surface area (Å²) in [5, 5.41) is 11.8. The van der Waals surface area contributed by atoms with Gasteiger partial charge < -0.3 is 19.9 Å². The Morgan fingerprint density at radius 3 is 2.54 bits per heavy atom. The van der Waals surface area contributed by atoms with Crippen LogP contribution in [0.15, 0.2) is 70.8 Å². The summed E-state index contributed by atoms with van der Waals surface area (Å²) >= 11 is 3.48. The van der Waals surface area contributed by atoms with Gasteiger partial charge in [0.15, 0.2) is 11.5 Å². The minimum atomic E-state index is -1.03. The lowest BCUT2D eigenvalue weighted by Crippen LogP contribution is -2.30. The predicted octanol–water partition coefficient (Wildman–Crippen LogP) is 5.36. The van der Waals surface area contributed by atoms with Crippen LogP contribution in [0.2, 0.25) is 0 Å². The highest BCUT2D eigenvalue weighted by Crippen LogP contribution is 2.38. The molecule has 0 atom stereocenters. The Labute approximate surface area is 220 Å². The first-order valence-corrected chi connectivity index (χ1v) is 12.0. The van der Waals surface area contributed by atoms with Gasteiger partial charge in [-0.2, -0.15) is 0 Å². The van der Waals surface area contributed by atoms with Crippen molar-refractivity contribution in [2.24, 2.45) is 0 Å². The van der Waals surface area contributed by atoms with Crippen LogP contribution >= 0.6 is 15.9 Å². The minimum absolute atomic E-state index is 0.00599. The zero-order chi connectivity index (χ0) is 26.5.